The van der Waals surface area contributed by atoms with Gasteiger partial charge in [0.2, 0.25) is 0 Å². The highest BCUT2D eigenvalue weighted by molar-refractivity contribution is 5.04. The lowest BCUT2D eigenvalue weighted by Gasteiger charge is -2.55. The molecule has 16 fully saturated rings. The molecule has 0 aromatic heterocycles. The summed E-state index contributed by atoms with van der Waals surface area (Å²) in [6, 6.07) is 0. The Labute approximate surface area is 419 Å². The molecule has 6 saturated carbocycles. The molecule has 10 saturated heterocycles. The number of piperidine rings is 8. The van der Waals surface area contributed by atoms with Crippen molar-refractivity contribution in [3.8, 4) is 0 Å². The third-order valence-electron chi connectivity index (χ3n) is 19.9. The molecule has 7 unspecified atom stereocenters. The molecule has 11 nitrogen and oxygen atoms in total. The number of methoxy groups -OCH3 is 2. The molecular weight excluding hydrogens is 847 g/mol. The van der Waals surface area contributed by atoms with E-state index in [0.29, 0.717) is 29.8 Å². The summed E-state index contributed by atoms with van der Waals surface area (Å²) < 4.78 is 16.3. The van der Waals surface area contributed by atoms with Crippen molar-refractivity contribution in [2.24, 2.45) is 51.8 Å². The number of rotatable bonds is 2. The summed E-state index contributed by atoms with van der Waals surface area (Å²) in [6.45, 7) is 19.8. The van der Waals surface area contributed by atoms with Crippen LogP contribution >= 0.6 is 0 Å². The van der Waals surface area contributed by atoms with Crippen molar-refractivity contribution in [1.29, 1.82) is 0 Å². The van der Waals surface area contributed by atoms with E-state index < -0.39 is 0 Å². The number of hydrogen-bond acceptors (Lipinski definition) is 11. The third-order valence-corrected chi connectivity index (χ3v) is 19.9. The van der Waals surface area contributed by atoms with E-state index in [4.69, 9.17) is 14.2 Å². The average Bonchev–Trinajstić information content (AvgIpc) is 4.22. The van der Waals surface area contributed by atoms with E-state index in [1.165, 1.54) is 181 Å². The molecule has 16 aliphatic rings. The van der Waals surface area contributed by atoms with Crippen LogP contribution in [-0.2, 0) is 14.2 Å². The predicted molar refractivity (Wildman–Crippen MR) is 281 cm³/mol. The van der Waals surface area contributed by atoms with Gasteiger partial charge in [0.1, 0.15) is 0 Å². The maximum atomic E-state index is 9.68. The molecular formula is C57H109N7O4. The van der Waals surface area contributed by atoms with Crippen LogP contribution in [0, 0.1) is 51.8 Å². The maximum absolute atomic E-state index is 9.68. The Hall–Kier alpha value is -0.440. The summed E-state index contributed by atoms with van der Waals surface area (Å²) in [6.07, 6.45) is 27.5. The fourth-order valence-corrected chi connectivity index (χ4v) is 15.4. The second-order valence-corrected chi connectivity index (χ2v) is 26.6. The van der Waals surface area contributed by atoms with E-state index in [1.54, 1.807) is 0 Å². The molecule has 0 aromatic rings. The van der Waals surface area contributed by atoms with Crippen molar-refractivity contribution in [2.75, 3.05) is 155 Å². The zero-order valence-corrected chi connectivity index (χ0v) is 45.2. The van der Waals surface area contributed by atoms with Crippen LogP contribution in [-0.4, -0.2) is 225 Å². The zero-order chi connectivity index (χ0) is 47.6. The average molecular weight is 957 g/mol. The van der Waals surface area contributed by atoms with Gasteiger partial charge in [0.15, 0.2) is 0 Å². The molecule has 11 heteroatoms. The number of ether oxygens (including phenoxy) is 3. The summed E-state index contributed by atoms with van der Waals surface area (Å²) >= 11 is 0. The number of aliphatic hydroxyl groups is 1. The zero-order valence-electron chi connectivity index (χ0n) is 45.2. The smallest absolute Gasteiger partial charge is 0.0731 e. The molecule has 3 spiro atoms. The summed E-state index contributed by atoms with van der Waals surface area (Å²) in [7, 11) is 19.2. The van der Waals surface area contributed by atoms with Gasteiger partial charge in [-0.05, 0) is 256 Å². The van der Waals surface area contributed by atoms with Gasteiger partial charge in [0.25, 0.3) is 0 Å². The molecule has 6 bridgehead atoms. The lowest BCUT2D eigenvalue weighted by atomic mass is 9.56. The molecule has 396 valence electrons. The lowest BCUT2D eigenvalue weighted by molar-refractivity contribution is -0.175. The number of likely N-dealkylation sites (tertiary alicyclic amines) is 5. The van der Waals surface area contributed by atoms with Crippen LogP contribution in [0.1, 0.15) is 130 Å². The first-order chi connectivity index (χ1) is 32.0. The first-order valence-electron chi connectivity index (χ1n) is 28.2. The first kappa shape index (κ1) is 55.3. The number of likely N-dealkylation sites (N-methyl/N-ethyl adjacent to an activating group) is 1. The quantitative estimate of drug-likeness (QED) is 0.300. The molecule has 1 N–H and O–H groups in total. The highest BCUT2D eigenvalue weighted by Crippen LogP contribution is 2.55. The van der Waals surface area contributed by atoms with Gasteiger partial charge in [-0.1, -0.05) is 7.43 Å². The van der Waals surface area contributed by atoms with Crippen molar-refractivity contribution in [2.45, 2.75) is 160 Å². The number of morpholine rings is 1. The fraction of sp³-hybridized carbons (Fsp3) is 1.00. The summed E-state index contributed by atoms with van der Waals surface area (Å²) in [4.78, 5) is 17.0. The van der Waals surface area contributed by atoms with Crippen molar-refractivity contribution in [3.63, 3.8) is 0 Å². The Morgan fingerprint density at radius 3 is 1.26 bits per heavy atom. The van der Waals surface area contributed by atoms with E-state index in [2.05, 4.69) is 83.6 Å². The lowest BCUT2D eigenvalue weighted by Crippen LogP contribution is -2.57. The minimum Gasteiger partial charge on any atom is -0.390 e. The molecule has 10 heterocycles. The van der Waals surface area contributed by atoms with Crippen molar-refractivity contribution < 1.29 is 19.3 Å². The van der Waals surface area contributed by atoms with Crippen LogP contribution in [0.15, 0.2) is 0 Å². The molecule has 0 radical (unpaired) electrons. The third kappa shape index (κ3) is 15.3. The minimum atomic E-state index is -0.337. The van der Waals surface area contributed by atoms with Crippen molar-refractivity contribution in [1.82, 2.24) is 34.3 Å². The van der Waals surface area contributed by atoms with Gasteiger partial charge in [-0.2, -0.15) is 0 Å². The summed E-state index contributed by atoms with van der Waals surface area (Å²) in [5, 5.41) is 9.68. The molecule has 9 atom stereocenters. The first-order valence-corrected chi connectivity index (χ1v) is 28.2. The van der Waals surface area contributed by atoms with Gasteiger partial charge in [-0.3, -0.25) is 0 Å². The van der Waals surface area contributed by atoms with E-state index in [-0.39, 0.29) is 13.0 Å². The monoisotopic (exact) mass is 956 g/mol. The topological polar surface area (TPSA) is 70.6 Å². The van der Waals surface area contributed by atoms with Crippen LogP contribution in [0.25, 0.3) is 0 Å². The van der Waals surface area contributed by atoms with Crippen LogP contribution in [0.5, 0.6) is 0 Å². The molecule has 16 rings (SSSR count). The minimum absolute atomic E-state index is 0. The van der Waals surface area contributed by atoms with Gasteiger partial charge >= 0.3 is 0 Å². The SMILES string of the molecule is C.CN1CC2CC(C1)O2.CN1CCC2(CC1)CC(C)(O)C2.CN1CCC2(CC1)CC2.CN1CCC2CC2C1.CN1CCCC2(CC2)C1.COC1C2CC1CN(C)C2.COC1[C@@H]2CC[C@H]1CN(C)C2. The molecule has 10 aliphatic heterocycles. The van der Waals surface area contributed by atoms with E-state index in [0.717, 1.165) is 72.3 Å². The largest absolute Gasteiger partial charge is 0.390 e. The maximum Gasteiger partial charge on any atom is 0.0731 e. The van der Waals surface area contributed by atoms with Gasteiger partial charge in [-0.25, -0.2) is 0 Å². The fourth-order valence-electron chi connectivity index (χ4n) is 15.4. The molecule has 0 aromatic carbocycles. The van der Waals surface area contributed by atoms with Gasteiger partial charge in [-0.15, -0.1) is 0 Å². The predicted octanol–water partition coefficient (Wildman–Crippen LogP) is 7.47. The Kier molecular flexibility index (Phi) is 19.4. The second-order valence-electron chi connectivity index (χ2n) is 26.6. The van der Waals surface area contributed by atoms with Crippen LogP contribution < -0.4 is 0 Å². The van der Waals surface area contributed by atoms with Crippen LogP contribution in [0.3, 0.4) is 0 Å². The Morgan fingerprint density at radius 2 is 0.868 bits per heavy atom. The number of hydrogen-bond donors (Lipinski definition) is 1. The highest BCUT2D eigenvalue weighted by Gasteiger charge is 2.51. The summed E-state index contributed by atoms with van der Waals surface area (Å²) in [5.41, 5.74) is 1.88. The Morgan fingerprint density at radius 1 is 0.426 bits per heavy atom. The number of fused-ring (bicyclic) bond motifs is 7. The molecule has 0 amide bonds. The van der Waals surface area contributed by atoms with Crippen LogP contribution in [0.2, 0.25) is 0 Å². The molecule has 6 aliphatic carbocycles. The number of nitrogens with zero attached hydrogens (tertiary/aromatic N) is 7. The van der Waals surface area contributed by atoms with E-state index in [1.807, 2.05) is 21.1 Å². The normalized spacial score (nSPS) is 39.6. The van der Waals surface area contributed by atoms with Crippen molar-refractivity contribution >= 4 is 0 Å². The second kappa shape index (κ2) is 23.8. The standard InChI is InChI=1S/C10H19NO.C9H17NO.C8H15NO.2C8H15N.C7H13N.C6H11NO.CH4/c1-9(12)7-10(8-9)3-5-11(2)6-4-10;1-10-5-7-3-4-8(6-10)9(7)11-2;1-9-4-6-3-7(5-9)8(6)10-2;1-9-6-4-8(2-3-8)5-7-9;1-9-6-2-3-8(7-9)4-5-8;1-8-3-2-6-4-7(6)5-8;1-7-3-5-2-6(4-7)8-5;/h12H,3-8H2,1-2H3;7-9H,3-6H2,1-2H3;6-8H,3-5H2,1-2H3;2*2-7H2,1H3;6-7H,2-5H2,1H3;5-6H,2-4H2,1H3;1H4/t;7-,8+,9?;;;;;;. The summed E-state index contributed by atoms with van der Waals surface area (Å²) in [5.74, 6) is 5.58. The van der Waals surface area contributed by atoms with Gasteiger partial charge in [0.05, 0.1) is 30.0 Å². The van der Waals surface area contributed by atoms with Gasteiger partial charge in [0, 0.05) is 73.0 Å². The van der Waals surface area contributed by atoms with E-state index >= 15 is 0 Å². The van der Waals surface area contributed by atoms with Crippen LogP contribution in [0.4, 0.5) is 0 Å². The van der Waals surface area contributed by atoms with E-state index in [9.17, 15) is 5.11 Å². The Bertz CT molecular complexity index is 1450. The Balaban J connectivity index is 0.000000118. The molecule has 68 heavy (non-hydrogen) atoms. The van der Waals surface area contributed by atoms with Gasteiger partial charge < -0.3 is 53.6 Å². The highest BCUT2D eigenvalue weighted by atomic mass is 16.5. The van der Waals surface area contributed by atoms with Crippen molar-refractivity contribution in [3.05, 3.63) is 0 Å².